The van der Waals surface area contributed by atoms with Crippen LogP contribution >= 0.6 is 0 Å². The Kier molecular flexibility index (Phi) is 6.44. The highest BCUT2D eigenvalue weighted by Crippen LogP contribution is 2.31. The van der Waals surface area contributed by atoms with Gasteiger partial charge in [-0.1, -0.05) is 25.8 Å². The second-order valence-electron chi connectivity index (χ2n) is 3.62. The first-order valence-electron chi connectivity index (χ1n) is 5.27. The lowest BCUT2D eigenvalue weighted by Crippen LogP contribution is -2.30. The van der Waals surface area contributed by atoms with Gasteiger partial charge in [0.15, 0.2) is 5.41 Å². The van der Waals surface area contributed by atoms with E-state index in [1.165, 1.54) is 7.11 Å². The van der Waals surface area contributed by atoms with Crippen molar-refractivity contribution < 1.29 is 9.53 Å². The molecule has 0 aliphatic carbocycles. The zero-order chi connectivity index (χ0) is 11.7. The van der Waals surface area contributed by atoms with Crippen molar-refractivity contribution in [3.63, 3.8) is 0 Å². The second-order valence-corrected chi connectivity index (χ2v) is 3.62. The summed E-state index contributed by atoms with van der Waals surface area (Å²) in [5.74, 6) is -0.416. The molecule has 0 heterocycles. The van der Waals surface area contributed by atoms with E-state index in [0.29, 0.717) is 19.3 Å². The molecule has 0 aromatic carbocycles. The Morgan fingerprint density at radius 2 is 2.27 bits per heavy atom. The third-order valence-electron chi connectivity index (χ3n) is 2.52. The molecule has 0 saturated heterocycles. The molecule has 0 aromatic rings. The van der Waals surface area contributed by atoms with Crippen LogP contribution in [0.25, 0.3) is 0 Å². The molecule has 0 aliphatic rings. The molecular weight excluding hydrogens is 190 g/mol. The monoisotopic (exact) mass is 209 g/mol. The van der Waals surface area contributed by atoms with Gasteiger partial charge >= 0.3 is 5.97 Å². The molecule has 0 rings (SSSR count). The minimum atomic E-state index is -0.973. The molecule has 1 unspecified atom stereocenters. The number of hydrogen-bond acceptors (Lipinski definition) is 3. The normalized spacial score (nSPS) is 13.7. The van der Waals surface area contributed by atoms with Crippen LogP contribution in [0.2, 0.25) is 0 Å². The summed E-state index contributed by atoms with van der Waals surface area (Å²) in [7, 11) is 1.33. The fourth-order valence-corrected chi connectivity index (χ4v) is 1.51. The molecule has 0 radical (unpaired) electrons. The topological polar surface area (TPSA) is 50.1 Å². The molecule has 15 heavy (non-hydrogen) atoms. The van der Waals surface area contributed by atoms with Crippen LogP contribution in [0.4, 0.5) is 0 Å². The van der Waals surface area contributed by atoms with Gasteiger partial charge in [-0.25, -0.2) is 0 Å². The number of carbonyl (C=O) groups is 1. The predicted molar refractivity (Wildman–Crippen MR) is 59.0 cm³/mol. The van der Waals surface area contributed by atoms with Crippen LogP contribution in [0.1, 0.15) is 39.0 Å². The predicted octanol–water partition coefficient (Wildman–Crippen LogP) is 2.83. The second kappa shape index (κ2) is 7.05. The standard InChI is InChI=1S/C12H19NO2/c1-4-6-8-12(10-13,9-7-5-2)11(14)15-3/h4H,1,5-9H2,2-3H3. The summed E-state index contributed by atoms with van der Waals surface area (Å²) in [5, 5.41) is 9.15. The van der Waals surface area contributed by atoms with E-state index in [0.717, 1.165) is 12.8 Å². The van der Waals surface area contributed by atoms with Gasteiger partial charge in [-0.05, 0) is 19.3 Å². The van der Waals surface area contributed by atoms with Crippen molar-refractivity contribution in [2.45, 2.75) is 39.0 Å². The Bertz CT molecular complexity index is 255. The summed E-state index contributed by atoms with van der Waals surface area (Å²) in [4.78, 5) is 11.6. The third kappa shape index (κ3) is 3.75. The van der Waals surface area contributed by atoms with Crippen LogP contribution in [0.15, 0.2) is 12.7 Å². The van der Waals surface area contributed by atoms with Crippen LogP contribution in [0, 0.1) is 16.7 Å². The molecule has 0 N–H and O–H groups in total. The molecular formula is C12H19NO2. The van der Waals surface area contributed by atoms with E-state index in [-0.39, 0.29) is 0 Å². The van der Waals surface area contributed by atoms with Crippen molar-refractivity contribution in [2.24, 2.45) is 5.41 Å². The molecule has 0 fully saturated rings. The zero-order valence-corrected chi connectivity index (χ0v) is 9.58. The summed E-state index contributed by atoms with van der Waals surface area (Å²) in [6.45, 7) is 5.64. The Balaban J connectivity index is 4.68. The number of unbranched alkanes of at least 4 members (excludes halogenated alkanes) is 1. The van der Waals surface area contributed by atoms with Crippen LogP contribution < -0.4 is 0 Å². The number of hydrogen-bond donors (Lipinski definition) is 0. The van der Waals surface area contributed by atoms with Crippen molar-refractivity contribution in [1.82, 2.24) is 0 Å². The van der Waals surface area contributed by atoms with Gasteiger partial charge in [-0.3, -0.25) is 4.79 Å². The number of esters is 1. The van der Waals surface area contributed by atoms with Crippen molar-refractivity contribution in [3.8, 4) is 6.07 Å². The van der Waals surface area contributed by atoms with Crippen molar-refractivity contribution >= 4 is 5.97 Å². The first-order valence-corrected chi connectivity index (χ1v) is 5.27. The number of allylic oxidation sites excluding steroid dienone is 1. The Labute approximate surface area is 91.7 Å². The molecule has 0 spiro atoms. The largest absolute Gasteiger partial charge is 0.468 e. The zero-order valence-electron chi connectivity index (χ0n) is 9.58. The number of nitrogens with zero attached hydrogens (tertiary/aromatic N) is 1. The first kappa shape index (κ1) is 13.7. The Morgan fingerprint density at radius 3 is 2.67 bits per heavy atom. The van der Waals surface area contributed by atoms with Gasteiger partial charge in [0.05, 0.1) is 13.2 Å². The maximum absolute atomic E-state index is 11.6. The van der Waals surface area contributed by atoms with Crippen molar-refractivity contribution in [2.75, 3.05) is 7.11 Å². The van der Waals surface area contributed by atoms with Crippen LogP contribution in [-0.4, -0.2) is 13.1 Å². The van der Waals surface area contributed by atoms with Gasteiger partial charge in [-0.15, -0.1) is 6.58 Å². The summed E-state index contributed by atoms with van der Waals surface area (Å²) < 4.78 is 4.70. The Hall–Kier alpha value is -1.30. The van der Waals surface area contributed by atoms with Crippen LogP contribution in [0.3, 0.4) is 0 Å². The number of carbonyl (C=O) groups excluding carboxylic acids is 1. The Morgan fingerprint density at radius 1 is 1.60 bits per heavy atom. The average Bonchev–Trinajstić information content (AvgIpc) is 2.29. The summed E-state index contributed by atoms with van der Waals surface area (Å²) in [6.07, 6.45) is 5.28. The number of ether oxygens (including phenoxy) is 1. The smallest absolute Gasteiger partial charge is 0.326 e. The lowest BCUT2D eigenvalue weighted by atomic mass is 9.80. The molecule has 3 heteroatoms. The fourth-order valence-electron chi connectivity index (χ4n) is 1.51. The molecule has 0 saturated carbocycles. The van der Waals surface area contributed by atoms with E-state index in [4.69, 9.17) is 10.00 Å². The number of methoxy groups -OCH3 is 1. The summed E-state index contributed by atoms with van der Waals surface area (Å²) >= 11 is 0. The fraction of sp³-hybridized carbons (Fsp3) is 0.667. The van der Waals surface area contributed by atoms with E-state index in [2.05, 4.69) is 12.6 Å². The van der Waals surface area contributed by atoms with Gasteiger partial charge in [0.25, 0.3) is 0 Å². The highest BCUT2D eigenvalue weighted by molar-refractivity contribution is 5.79. The van der Waals surface area contributed by atoms with E-state index < -0.39 is 11.4 Å². The summed E-state index contributed by atoms with van der Waals surface area (Å²) in [5.41, 5.74) is -0.973. The minimum absolute atomic E-state index is 0.416. The first-order chi connectivity index (χ1) is 7.16. The molecule has 84 valence electrons. The van der Waals surface area contributed by atoms with E-state index in [1.54, 1.807) is 6.08 Å². The van der Waals surface area contributed by atoms with Gasteiger partial charge in [-0.2, -0.15) is 5.26 Å². The molecule has 0 aromatic heterocycles. The number of nitriles is 1. The van der Waals surface area contributed by atoms with Gasteiger partial charge < -0.3 is 4.74 Å². The maximum atomic E-state index is 11.6. The van der Waals surface area contributed by atoms with Gasteiger partial charge in [0.1, 0.15) is 0 Å². The maximum Gasteiger partial charge on any atom is 0.326 e. The van der Waals surface area contributed by atoms with E-state index in [9.17, 15) is 4.79 Å². The van der Waals surface area contributed by atoms with Crippen molar-refractivity contribution in [1.29, 1.82) is 5.26 Å². The lowest BCUT2D eigenvalue weighted by molar-refractivity contribution is -0.150. The third-order valence-corrected chi connectivity index (χ3v) is 2.52. The lowest BCUT2D eigenvalue weighted by Gasteiger charge is -2.22. The highest BCUT2D eigenvalue weighted by Gasteiger charge is 2.38. The molecule has 1 atom stereocenters. The molecule has 0 aliphatic heterocycles. The molecule has 3 nitrogen and oxygen atoms in total. The SMILES string of the molecule is C=CCCC(C#N)(CCCC)C(=O)OC. The molecule has 0 amide bonds. The van der Waals surface area contributed by atoms with Gasteiger partial charge in [0.2, 0.25) is 0 Å². The van der Waals surface area contributed by atoms with E-state index >= 15 is 0 Å². The highest BCUT2D eigenvalue weighted by atomic mass is 16.5. The van der Waals surface area contributed by atoms with E-state index in [1.807, 2.05) is 6.92 Å². The minimum Gasteiger partial charge on any atom is -0.468 e. The molecule has 0 bridgehead atoms. The van der Waals surface area contributed by atoms with Crippen molar-refractivity contribution in [3.05, 3.63) is 12.7 Å². The summed E-state index contributed by atoms with van der Waals surface area (Å²) in [6, 6.07) is 2.11. The van der Waals surface area contributed by atoms with Crippen LogP contribution in [-0.2, 0) is 9.53 Å². The van der Waals surface area contributed by atoms with Crippen LogP contribution in [0.5, 0.6) is 0 Å². The van der Waals surface area contributed by atoms with Gasteiger partial charge in [0, 0.05) is 0 Å². The number of rotatable bonds is 7. The quantitative estimate of drug-likeness (QED) is 0.478. The average molecular weight is 209 g/mol.